The molecule has 0 aliphatic carbocycles. The lowest BCUT2D eigenvalue weighted by molar-refractivity contribution is -0.142. The number of nitrogens with one attached hydrogen (secondary N) is 3. The molecule has 1 aromatic carbocycles. The van der Waals surface area contributed by atoms with Gasteiger partial charge in [0.25, 0.3) is 0 Å². The van der Waals surface area contributed by atoms with Crippen LogP contribution in [0.4, 0.5) is 0 Å². The molecule has 0 aliphatic heterocycles. The Balaban J connectivity index is 3.07. The van der Waals surface area contributed by atoms with Gasteiger partial charge in [0.05, 0.1) is 12.5 Å². The number of rotatable bonds is 18. The summed E-state index contributed by atoms with van der Waals surface area (Å²) >= 11 is 1.43. The lowest BCUT2D eigenvalue weighted by atomic mass is 10.0. The number of carbonyl (C=O) groups excluding carboxylic acids is 3. The Hall–Kier alpha value is -3.16. The van der Waals surface area contributed by atoms with Crippen LogP contribution in [0.15, 0.2) is 30.3 Å². The smallest absolute Gasteiger partial charge is 0.326 e. The van der Waals surface area contributed by atoms with E-state index in [0.29, 0.717) is 25.1 Å². The SMILES string of the molecule is CSCCC(NC(=O)C(N)CC(=O)O)C(=O)NC(Cc1ccccc1)C(=O)NC(CCCCN)C(=O)O. The van der Waals surface area contributed by atoms with Crippen molar-refractivity contribution in [1.82, 2.24) is 16.0 Å². The van der Waals surface area contributed by atoms with Gasteiger partial charge in [-0.15, -0.1) is 0 Å². The predicted octanol–water partition coefficient (Wildman–Crippen LogP) is -0.548. The molecule has 9 N–H and O–H groups in total. The summed E-state index contributed by atoms with van der Waals surface area (Å²) in [6, 6.07) is 4.14. The van der Waals surface area contributed by atoms with Crippen LogP contribution in [0.3, 0.4) is 0 Å². The summed E-state index contributed by atoms with van der Waals surface area (Å²) in [5.74, 6) is -4.13. The quantitative estimate of drug-likeness (QED) is 0.118. The Bertz CT molecular complexity index is 903. The van der Waals surface area contributed by atoms with E-state index in [9.17, 15) is 29.1 Å². The molecule has 12 nitrogen and oxygen atoms in total. The first-order valence-electron chi connectivity index (χ1n) is 11.9. The summed E-state index contributed by atoms with van der Waals surface area (Å²) in [7, 11) is 0. The normalized spacial score (nSPS) is 14.0. The highest BCUT2D eigenvalue weighted by Crippen LogP contribution is 2.08. The topological polar surface area (TPSA) is 214 Å². The second-order valence-corrected chi connectivity index (χ2v) is 9.47. The second kappa shape index (κ2) is 17.3. The number of carbonyl (C=O) groups is 5. The van der Waals surface area contributed by atoms with Crippen LogP contribution >= 0.6 is 11.8 Å². The van der Waals surface area contributed by atoms with Crippen LogP contribution in [-0.2, 0) is 30.4 Å². The van der Waals surface area contributed by atoms with E-state index < -0.39 is 60.2 Å². The molecule has 0 bridgehead atoms. The number of thioether (sulfide) groups is 1. The van der Waals surface area contributed by atoms with E-state index >= 15 is 0 Å². The molecule has 1 rings (SSSR count). The molecule has 0 saturated heterocycles. The van der Waals surface area contributed by atoms with Crippen molar-refractivity contribution in [2.45, 2.75) is 62.7 Å². The fraction of sp³-hybridized carbons (Fsp3) is 0.542. The van der Waals surface area contributed by atoms with Crippen molar-refractivity contribution < 1.29 is 34.2 Å². The summed E-state index contributed by atoms with van der Waals surface area (Å²) in [5, 5.41) is 26.0. The Morgan fingerprint density at radius 2 is 1.46 bits per heavy atom. The molecule has 0 saturated carbocycles. The third-order valence-electron chi connectivity index (χ3n) is 5.45. The standard InChI is InChI=1S/C24H37N5O7S/c1-37-12-10-17(27-21(32)16(26)14-20(30)31)22(33)29-19(13-15-7-3-2-4-8-15)23(34)28-18(24(35)36)9-5-6-11-25/h2-4,7-8,16-19H,5-6,9-14,25-26H2,1H3,(H,27,32)(H,28,34)(H,29,33)(H,30,31)(H,35,36). The van der Waals surface area contributed by atoms with E-state index in [4.69, 9.17) is 16.6 Å². The van der Waals surface area contributed by atoms with E-state index in [1.54, 1.807) is 30.3 Å². The molecule has 3 amide bonds. The van der Waals surface area contributed by atoms with Gasteiger partial charge in [0.2, 0.25) is 17.7 Å². The molecule has 13 heteroatoms. The second-order valence-electron chi connectivity index (χ2n) is 8.48. The molecule has 4 atom stereocenters. The Morgan fingerprint density at radius 3 is 2.03 bits per heavy atom. The summed E-state index contributed by atoms with van der Waals surface area (Å²) in [4.78, 5) is 61.2. The molecule has 206 valence electrons. The van der Waals surface area contributed by atoms with Gasteiger partial charge in [-0.1, -0.05) is 30.3 Å². The number of hydrogen-bond acceptors (Lipinski definition) is 8. The molecular formula is C24H37N5O7S. The fourth-order valence-corrected chi connectivity index (χ4v) is 3.89. The van der Waals surface area contributed by atoms with Gasteiger partial charge >= 0.3 is 11.9 Å². The van der Waals surface area contributed by atoms with Gasteiger partial charge in [0.15, 0.2) is 0 Å². The number of unbranched alkanes of at least 4 members (excludes halogenated alkanes) is 1. The van der Waals surface area contributed by atoms with Gasteiger partial charge in [-0.3, -0.25) is 19.2 Å². The van der Waals surface area contributed by atoms with Crippen LogP contribution in [0, 0.1) is 0 Å². The van der Waals surface area contributed by atoms with Gasteiger partial charge in [-0.2, -0.15) is 11.8 Å². The zero-order valence-electron chi connectivity index (χ0n) is 20.9. The summed E-state index contributed by atoms with van der Waals surface area (Å²) in [6.07, 6.45) is 2.77. The summed E-state index contributed by atoms with van der Waals surface area (Å²) < 4.78 is 0. The first-order chi connectivity index (χ1) is 17.6. The molecule has 1 aromatic rings. The molecule has 0 radical (unpaired) electrons. The first-order valence-corrected chi connectivity index (χ1v) is 13.3. The van der Waals surface area contributed by atoms with E-state index in [1.807, 2.05) is 6.26 Å². The van der Waals surface area contributed by atoms with Crippen LogP contribution < -0.4 is 27.4 Å². The fourth-order valence-electron chi connectivity index (χ4n) is 3.42. The maximum Gasteiger partial charge on any atom is 0.326 e. The number of benzene rings is 1. The van der Waals surface area contributed by atoms with Crippen LogP contribution in [0.2, 0.25) is 0 Å². The zero-order chi connectivity index (χ0) is 27.8. The maximum absolute atomic E-state index is 13.2. The first kappa shape index (κ1) is 31.9. The zero-order valence-corrected chi connectivity index (χ0v) is 21.7. The number of carboxylic acid groups (broad SMARTS) is 2. The molecule has 4 unspecified atom stereocenters. The molecule has 0 heterocycles. The lowest BCUT2D eigenvalue weighted by Crippen LogP contribution is -2.57. The summed E-state index contributed by atoms with van der Waals surface area (Å²) in [6.45, 7) is 0.395. The van der Waals surface area contributed by atoms with E-state index in [0.717, 1.165) is 5.56 Å². The largest absolute Gasteiger partial charge is 0.481 e. The number of hydrogen-bond donors (Lipinski definition) is 7. The lowest BCUT2D eigenvalue weighted by Gasteiger charge is -2.25. The van der Waals surface area contributed by atoms with Gasteiger partial charge in [0.1, 0.15) is 18.1 Å². The molecule has 0 fully saturated rings. The van der Waals surface area contributed by atoms with Gasteiger partial charge in [0, 0.05) is 6.42 Å². The van der Waals surface area contributed by atoms with Crippen molar-refractivity contribution in [3.05, 3.63) is 35.9 Å². The molecule has 0 spiro atoms. The average Bonchev–Trinajstić information content (AvgIpc) is 2.85. The van der Waals surface area contributed by atoms with Crippen LogP contribution in [0.25, 0.3) is 0 Å². The minimum atomic E-state index is -1.35. The Kier molecular flexibility index (Phi) is 14.9. The highest BCUT2D eigenvalue weighted by atomic mass is 32.2. The number of aliphatic carboxylic acids is 2. The molecule has 0 aromatic heterocycles. The summed E-state index contributed by atoms with van der Waals surface area (Å²) in [5.41, 5.74) is 11.8. The molecule has 0 aliphatic rings. The third kappa shape index (κ3) is 12.6. The minimum absolute atomic E-state index is 0.0786. The van der Waals surface area contributed by atoms with Crippen molar-refractivity contribution in [2.75, 3.05) is 18.6 Å². The van der Waals surface area contributed by atoms with Gasteiger partial charge < -0.3 is 37.6 Å². The van der Waals surface area contributed by atoms with Gasteiger partial charge in [-0.05, 0) is 49.8 Å². The molecule has 37 heavy (non-hydrogen) atoms. The maximum atomic E-state index is 13.2. The predicted molar refractivity (Wildman–Crippen MR) is 140 cm³/mol. The van der Waals surface area contributed by atoms with Crippen molar-refractivity contribution in [2.24, 2.45) is 11.5 Å². The Morgan fingerprint density at radius 1 is 0.865 bits per heavy atom. The monoisotopic (exact) mass is 539 g/mol. The van der Waals surface area contributed by atoms with Crippen molar-refractivity contribution >= 4 is 41.4 Å². The molecular weight excluding hydrogens is 502 g/mol. The highest BCUT2D eigenvalue weighted by molar-refractivity contribution is 7.98. The minimum Gasteiger partial charge on any atom is -0.481 e. The van der Waals surface area contributed by atoms with Crippen LogP contribution in [-0.4, -0.2) is 82.6 Å². The van der Waals surface area contributed by atoms with Crippen molar-refractivity contribution in [3.8, 4) is 0 Å². The number of amides is 3. The van der Waals surface area contributed by atoms with E-state index in [1.165, 1.54) is 11.8 Å². The van der Waals surface area contributed by atoms with E-state index in [2.05, 4.69) is 16.0 Å². The average molecular weight is 540 g/mol. The van der Waals surface area contributed by atoms with Gasteiger partial charge in [-0.25, -0.2) is 4.79 Å². The van der Waals surface area contributed by atoms with Crippen LogP contribution in [0.1, 0.15) is 37.7 Å². The highest BCUT2D eigenvalue weighted by Gasteiger charge is 2.30. The van der Waals surface area contributed by atoms with Crippen LogP contribution in [0.5, 0.6) is 0 Å². The van der Waals surface area contributed by atoms with Crippen molar-refractivity contribution in [1.29, 1.82) is 0 Å². The number of carboxylic acids is 2. The van der Waals surface area contributed by atoms with Crippen molar-refractivity contribution in [3.63, 3.8) is 0 Å². The Labute approximate surface area is 220 Å². The number of nitrogens with two attached hydrogens (primary N) is 2. The third-order valence-corrected chi connectivity index (χ3v) is 6.10. The van der Waals surface area contributed by atoms with E-state index in [-0.39, 0.29) is 19.3 Å².